The monoisotopic (exact) mass is 334 g/mol. The fourth-order valence-corrected chi connectivity index (χ4v) is 3.51. The number of benzene rings is 1. The maximum Gasteiger partial charge on any atom is 0.230 e. The van der Waals surface area contributed by atoms with Gasteiger partial charge in [-0.1, -0.05) is 44.2 Å². The van der Waals surface area contributed by atoms with Gasteiger partial charge in [0.1, 0.15) is 0 Å². The lowest BCUT2D eigenvalue weighted by atomic mass is 10.0. The molecule has 1 heterocycles. The van der Waals surface area contributed by atoms with Gasteiger partial charge in [-0.05, 0) is 18.4 Å². The van der Waals surface area contributed by atoms with Crippen LogP contribution >= 0.6 is 11.8 Å². The van der Waals surface area contributed by atoms with Gasteiger partial charge in [-0.15, -0.1) is 11.8 Å². The summed E-state index contributed by atoms with van der Waals surface area (Å²) in [5.74, 6) is 1.71. The number of thioether (sulfide) groups is 1. The highest BCUT2D eigenvalue weighted by Gasteiger charge is 2.24. The second kappa shape index (κ2) is 8.96. The Hall–Kier alpha value is -1.49. The SMILES string of the molecule is CC(C)C(=O)N1CCC(NC(=O)CSCc2ccccc2)CC1. The molecule has 0 radical (unpaired) electrons. The topological polar surface area (TPSA) is 49.4 Å². The molecule has 0 atom stereocenters. The van der Waals surface area contributed by atoms with E-state index < -0.39 is 0 Å². The molecule has 23 heavy (non-hydrogen) atoms. The van der Waals surface area contributed by atoms with Crippen molar-refractivity contribution in [2.24, 2.45) is 5.92 Å². The Balaban J connectivity index is 1.64. The summed E-state index contributed by atoms with van der Waals surface area (Å²) in [4.78, 5) is 25.9. The van der Waals surface area contributed by atoms with Crippen molar-refractivity contribution in [3.8, 4) is 0 Å². The Labute approximate surface area is 143 Å². The van der Waals surface area contributed by atoms with E-state index >= 15 is 0 Å². The second-order valence-electron chi connectivity index (χ2n) is 6.30. The van der Waals surface area contributed by atoms with E-state index in [2.05, 4.69) is 17.4 Å². The largest absolute Gasteiger partial charge is 0.353 e. The van der Waals surface area contributed by atoms with E-state index in [-0.39, 0.29) is 23.8 Å². The maximum atomic E-state index is 12.0. The summed E-state index contributed by atoms with van der Waals surface area (Å²) in [6, 6.07) is 10.4. The molecule has 1 saturated heterocycles. The second-order valence-corrected chi connectivity index (χ2v) is 7.29. The molecule has 126 valence electrons. The molecule has 0 saturated carbocycles. The Morgan fingerprint density at radius 1 is 1.22 bits per heavy atom. The minimum absolute atomic E-state index is 0.0514. The van der Waals surface area contributed by atoms with Crippen molar-refractivity contribution in [1.82, 2.24) is 10.2 Å². The van der Waals surface area contributed by atoms with Crippen LogP contribution in [0, 0.1) is 5.92 Å². The highest BCUT2D eigenvalue weighted by atomic mass is 32.2. The minimum atomic E-state index is 0.0514. The number of rotatable bonds is 6. The summed E-state index contributed by atoms with van der Waals surface area (Å²) < 4.78 is 0. The molecular formula is C18H26N2O2S. The first kappa shape index (κ1) is 17.9. The zero-order valence-corrected chi connectivity index (χ0v) is 14.8. The molecule has 2 rings (SSSR count). The van der Waals surface area contributed by atoms with Gasteiger partial charge >= 0.3 is 0 Å². The molecule has 5 heteroatoms. The molecule has 0 bridgehead atoms. The lowest BCUT2D eigenvalue weighted by Gasteiger charge is -2.33. The number of amides is 2. The molecule has 1 fully saturated rings. The fourth-order valence-electron chi connectivity index (χ4n) is 2.71. The fraction of sp³-hybridized carbons (Fsp3) is 0.556. The number of hydrogen-bond donors (Lipinski definition) is 1. The van der Waals surface area contributed by atoms with Gasteiger partial charge in [0, 0.05) is 30.8 Å². The molecule has 1 N–H and O–H groups in total. The molecule has 1 aliphatic rings. The van der Waals surface area contributed by atoms with E-state index in [1.165, 1.54) is 5.56 Å². The van der Waals surface area contributed by atoms with E-state index in [1.54, 1.807) is 11.8 Å². The van der Waals surface area contributed by atoms with Crippen LogP contribution in [0.1, 0.15) is 32.3 Å². The normalized spacial score (nSPS) is 15.7. The van der Waals surface area contributed by atoms with Crippen LogP contribution in [0.15, 0.2) is 30.3 Å². The van der Waals surface area contributed by atoms with Crippen LogP contribution in [-0.2, 0) is 15.3 Å². The zero-order valence-electron chi connectivity index (χ0n) is 14.0. The lowest BCUT2D eigenvalue weighted by molar-refractivity contribution is -0.135. The van der Waals surface area contributed by atoms with Crippen LogP contribution in [0.5, 0.6) is 0 Å². The third kappa shape index (κ3) is 5.90. The van der Waals surface area contributed by atoms with E-state index in [4.69, 9.17) is 0 Å². The van der Waals surface area contributed by atoms with Crippen molar-refractivity contribution in [3.05, 3.63) is 35.9 Å². The van der Waals surface area contributed by atoms with Crippen molar-refractivity contribution in [1.29, 1.82) is 0 Å². The first-order valence-electron chi connectivity index (χ1n) is 8.26. The third-order valence-electron chi connectivity index (χ3n) is 4.01. The van der Waals surface area contributed by atoms with Crippen LogP contribution in [0.25, 0.3) is 0 Å². The number of carbonyl (C=O) groups is 2. The van der Waals surface area contributed by atoms with E-state index in [0.717, 1.165) is 31.7 Å². The average molecular weight is 334 g/mol. The van der Waals surface area contributed by atoms with Gasteiger partial charge in [-0.2, -0.15) is 0 Å². The van der Waals surface area contributed by atoms with Crippen LogP contribution in [0.3, 0.4) is 0 Å². The van der Waals surface area contributed by atoms with Gasteiger partial charge in [0.15, 0.2) is 0 Å². The Kier molecular flexibility index (Phi) is 6.96. The highest BCUT2D eigenvalue weighted by Crippen LogP contribution is 2.15. The minimum Gasteiger partial charge on any atom is -0.353 e. The van der Waals surface area contributed by atoms with Gasteiger partial charge in [-0.25, -0.2) is 0 Å². The molecule has 0 spiro atoms. The summed E-state index contributed by atoms with van der Waals surface area (Å²) in [5.41, 5.74) is 1.24. The molecule has 0 aliphatic carbocycles. The summed E-state index contributed by atoms with van der Waals surface area (Å²) in [6.07, 6.45) is 1.71. The van der Waals surface area contributed by atoms with Crippen LogP contribution in [0.2, 0.25) is 0 Å². The molecule has 1 aromatic rings. The average Bonchev–Trinajstić information content (AvgIpc) is 2.56. The van der Waals surface area contributed by atoms with E-state index in [0.29, 0.717) is 5.75 Å². The first-order valence-corrected chi connectivity index (χ1v) is 9.41. The number of carbonyl (C=O) groups excluding carboxylic acids is 2. The van der Waals surface area contributed by atoms with Crippen molar-refractivity contribution in [2.45, 2.75) is 38.5 Å². The maximum absolute atomic E-state index is 12.0. The predicted molar refractivity (Wildman–Crippen MR) is 95.2 cm³/mol. The molecule has 0 aromatic heterocycles. The third-order valence-corrected chi connectivity index (χ3v) is 5.01. The predicted octanol–water partition coefficient (Wildman–Crippen LogP) is 2.68. The Bertz CT molecular complexity index is 511. The number of piperidine rings is 1. The standard InChI is InChI=1S/C18H26N2O2S/c1-14(2)18(22)20-10-8-16(9-11-20)19-17(21)13-23-12-15-6-4-3-5-7-15/h3-7,14,16H,8-13H2,1-2H3,(H,19,21). The van der Waals surface area contributed by atoms with Crippen LogP contribution in [-0.4, -0.2) is 41.6 Å². The van der Waals surface area contributed by atoms with Crippen molar-refractivity contribution >= 4 is 23.6 Å². The molecular weight excluding hydrogens is 308 g/mol. The van der Waals surface area contributed by atoms with Crippen molar-refractivity contribution < 1.29 is 9.59 Å². The van der Waals surface area contributed by atoms with Crippen LogP contribution in [0.4, 0.5) is 0 Å². The van der Waals surface area contributed by atoms with Gasteiger partial charge in [0.25, 0.3) is 0 Å². The summed E-state index contributed by atoms with van der Waals surface area (Å²) in [6.45, 7) is 5.36. The quantitative estimate of drug-likeness (QED) is 0.870. The van der Waals surface area contributed by atoms with Crippen LogP contribution < -0.4 is 5.32 Å². The summed E-state index contributed by atoms with van der Waals surface area (Å²) >= 11 is 1.64. The zero-order chi connectivity index (χ0) is 16.7. The number of nitrogens with one attached hydrogen (secondary N) is 1. The van der Waals surface area contributed by atoms with E-state index in [9.17, 15) is 9.59 Å². The molecule has 0 unspecified atom stereocenters. The lowest BCUT2D eigenvalue weighted by Crippen LogP contribution is -2.47. The summed E-state index contributed by atoms with van der Waals surface area (Å²) in [7, 11) is 0. The molecule has 4 nitrogen and oxygen atoms in total. The van der Waals surface area contributed by atoms with Crippen molar-refractivity contribution in [2.75, 3.05) is 18.8 Å². The van der Waals surface area contributed by atoms with Gasteiger partial charge in [0.05, 0.1) is 5.75 Å². The number of hydrogen-bond acceptors (Lipinski definition) is 3. The smallest absolute Gasteiger partial charge is 0.230 e. The first-order chi connectivity index (χ1) is 11.1. The van der Waals surface area contributed by atoms with E-state index in [1.807, 2.05) is 36.9 Å². The number of nitrogens with zero attached hydrogens (tertiary/aromatic N) is 1. The molecule has 1 aliphatic heterocycles. The Morgan fingerprint density at radius 2 is 1.87 bits per heavy atom. The van der Waals surface area contributed by atoms with Gasteiger partial charge < -0.3 is 10.2 Å². The van der Waals surface area contributed by atoms with Crippen molar-refractivity contribution in [3.63, 3.8) is 0 Å². The molecule has 2 amide bonds. The number of likely N-dealkylation sites (tertiary alicyclic amines) is 1. The Morgan fingerprint density at radius 3 is 2.48 bits per heavy atom. The summed E-state index contributed by atoms with van der Waals surface area (Å²) in [5, 5.41) is 3.10. The van der Waals surface area contributed by atoms with Gasteiger partial charge in [-0.3, -0.25) is 9.59 Å². The highest BCUT2D eigenvalue weighted by molar-refractivity contribution is 7.99. The van der Waals surface area contributed by atoms with Gasteiger partial charge in [0.2, 0.25) is 11.8 Å². The molecule has 1 aromatic carbocycles.